The molecule has 0 aliphatic heterocycles. The number of rotatable bonds is 59. The molecule has 0 spiro atoms. The highest BCUT2D eigenvalue weighted by Gasteiger charge is 2.16. The van der Waals surface area contributed by atoms with Crippen molar-refractivity contribution < 1.29 is 24.2 Å². The van der Waals surface area contributed by atoms with E-state index in [-0.39, 0.29) is 25.2 Å². The summed E-state index contributed by atoms with van der Waals surface area (Å²) in [5.74, 6) is -0.624. The number of carbonyl (C=O) groups is 2. The average Bonchev–Trinajstić information content (AvgIpc) is 3.42. The van der Waals surface area contributed by atoms with E-state index >= 15 is 0 Å². The molecule has 0 aliphatic carbocycles. The molecule has 436 valence electrons. The zero-order valence-electron chi connectivity index (χ0n) is 50.0. The van der Waals surface area contributed by atoms with Crippen molar-refractivity contribution >= 4 is 11.9 Å². The van der Waals surface area contributed by atoms with Gasteiger partial charge in [0, 0.05) is 12.8 Å². The minimum absolute atomic E-state index is 0.0828. The molecule has 0 aromatic rings. The minimum atomic E-state index is -0.797. The van der Waals surface area contributed by atoms with E-state index in [9.17, 15) is 14.7 Å². The van der Waals surface area contributed by atoms with Crippen molar-refractivity contribution in [2.24, 2.45) is 0 Å². The van der Waals surface area contributed by atoms with Gasteiger partial charge in [0.1, 0.15) is 6.61 Å². The topological polar surface area (TPSA) is 72.8 Å². The molecule has 0 radical (unpaired) electrons. The molecule has 0 rings (SSSR count). The molecule has 0 saturated carbocycles. The normalized spacial score (nSPS) is 12.9. The molecule has 0 bridgehead atoms. The van der Waals surface area contributed by atoms with Crippen LogP contribution in [0.25, 0.3) is 0 Å². The van der Waals surface area contributed by atoms with E-state index in [4.69, 9.17) is 9.47 Å². The Morgan fingerprint density at radius 2 is 0.566 bits per heavy atom. The quantitative estimate of drug-likeness (QED) is 0.0373. The maximum absolute atomic E-state index is 12.3. The van der Waals surface area contributed by atoms with Crippen LogP contribution < -0.4 is 0 Å². The molecule has 0 aliphatic rings. The Balaban J connectivity index is 3.54. The fourth-order valence-corrected chi connectivity index (χ4v) is 9.26. The summed E-state index contributed by atoms with van der Waals surface area (Å²) < 4.78 is 10.7. The second-order valence-corrected chi connectivity index (χ2v) is 21.5. The SMILES string of the molecule is CC/C=C\C/C=C\C/C=C\C/C=C\C/C=C\C/C=C\C/C=C\C/C=C\C/C=C\CCCCCC(=O)OC(CO)COC(=O)CCCCCCCCCCCCCCCCCCCCCCCCCCCCCCCCC. The van der Waals surface area contributed by atoms with Crippen molar-refractivity contribution in [3.05, 3.63) is 109 Å². The Hall–Kier alpha value is -3.44. The number of hydrogen-bond acceptors (Lipinski definition) is 5. The number of allylic oxidation sites excluding steroid dienone is 18. The van der Waals surface area contributed by atoms with Crippen molar-refractivity contribution in [1.29, 1.82) is 0 Å². The first-order valence-corrected chi connectivity index (χ1v) is 32.4. The molecule has 1 unspecified atom stereocenters. The Labute approximate surface area is 471 Å². The van der Waals surface area contributed by atoms with Crippen LogP contribution in [0.2, 0.25) is 0 Å². The van der Waals surface area contributed by atoms with Gasteiger partial charge in [-0.25, -0.2) is 0 Å². The molecular formula is C71H122O5. The first kappa shape index (κ1) is 72.6. The summed E-state index contributed by atoms with van der Waals surface area (Å²) in [7, 11) is 0. The molecule has 5 heteroatoms. The van der Waals surface area contributed by atoms with Crippen LogP contribution in [-0.2, 0) is 19.1 Å². The van der Waals surface area contributed by atoms with Crippen LogP contribution in [0.15, 0.2) is 109 Å². The second kappa shape index (κ2) is 65.8. The lowest BCUT2D eigenvalue weighted by Gasteiger charge is -2.15. The Bertz CT molecular complexity index is 1470. The third-order valence-corrected chi connectivity index (χ3v) is 14.1. The predicted octanol–water partition coefficient (Wildman–Crippen LogP) is 22.4. The highest BCUT2D eigenvalue weighted by molar-refractivity contribution is 5.70. The van der Waals surface area contributed by atoms with Gasteiger partial charge in [0.15, 0.2) is 6.10 Å². The molecule has 0 fully saturated rings. The van der Waals surface area contributed by atoms with Crippen LogP contribution in [0.4, 0.5) is 0 Å². The lowest BCUT2D eigenvalue weighted by molar-refractivity contribution is -0.161. The van der Waals surface area contributed by atoms with Crippen LogP contribution in [0, 0.1) is 0 Å². The zero-order valence-corrected chi connectivity index (χ0v) is 50.0. The van der Waals surface area contributed by atoms with Gasteiger partial charge in [-0.05, 0) is 83.5 Å². The van der Waals surface area contributed by atoms with Crippen molar-refractivity contribution in [1.82, 2.24) is 0 Å². The van der Waals surface area contributed by atoms with Gasteiger partial charge in [0.05, 0.1) is 6.61 Å². The van der Waals surface area contributed by atoms with E-state index in [0.717, 1.165) is 103 Å². The van der Waals surface area contributed by atoms with Gasteiger partial charge in [-0.2, -0.15) is 0 Å². The van der Waals surface area contributed by atoms with Crippen LogP contribution >= 0.6 is 0 Å². The average molecular weight is 1060 g/mol. The first-order valence-electron chi connectivity index (χ1n) is 32.4. The maximum atomic E-state index is 12.3. The number of esters is 2. The molecule has 0 aromatic carbocycles. The molecule has 0 aromatic heterocycles. The van der Waals surface area contributed by atoms with Gasteiger partial charge < -0.3 is 14.6 Å². The smallest absolute Gasteiger partial charge is 0.306 e. The summed E-state index contributed by atoms with van der Waals surface area (Å²) in [6, 6.07) is 0. The van der Waals surface area contributed by atoms with Gasteiger partial charge in [0.2, 0.25) is 0 Å². The standard InChI is InChI=1S/C71H122O5/c1-3-5-7-9-11-13-15-17-19-21-23-25-27-29-31-33-35-37-39-41-43-45-47-49-51-53-55-57-59-61-63-65-70(73)75-68-69(67-72)76-71(74)66-64-62-60-58-56-54-52-50-48-46-44-42-40-38-36-34-32-30-28-26-24-22-20-18-16-14-12-10-8-6-4-2/h6,8,12,14,18,20,24,26,30,32,36,38,42,44,48,50,54,56,69,72H,3-5,7,9-11,13,15-17,19,21-23,25,27-29,31,33-35,37,39-41,43,45-47,49,51-53,55,57-68H2,1-2H3/b8-6-,14-12-,20-18-,26-24-,32-30-,38-36-,44-42-,50-48-,56-54-. The predicted molar refractivity (Wildman–Crippen MR) is 334 cm³/mol. The van der Waals surface area contributed by atoms with Crippen molar-refractivity contribution in [3.8, 4) is 0 Å². The van der Waals surface area contributed by atoms with Gasteiger partial charge >= 0.3 is 11.9 Å². The van der Waals surface area contributed by atoms with E-state index in [1.807, 2.05) is 0 Å². The van der Waals surface area contributed by atoms with E-state index in [1.54, 1.807) is 0 Å². The van der Waals surface area contributed by atoms with E-state index in [2.05, 4.69) is 123 Å². The van der Waals surface area contributed by atoms with Gasteiger partial charge in [-0.3, -0.25) is 9.59 Å². The fraction of sp³-hybridized carbons (Fsp3) is 0.718. The summed E-state index contributed by atoms with van der Waals surface area (Å²) in [6.07, 6.45) is 95.3. The highest BCUT2D eigenvalue weighted by Crippen LogP contribution is 2.17. The summed E-state index contributed by atoms with van der Waals surface area (Å²) in [5, 5.41) is 9.68. The third kappa shape index (κ3) is 63.1. The van der Waals surface area contributed by atoms with E-state index in [1.165, 1.54) is 180 Å². The molecule has 0 saturated heterocycles. The Morgan fingerprint density at radius 3 is 0.855 bits per heavy atom. The minimum Gasteiger partial charge on any atom is -0.462 e. The molecule has 5 nitrogen and oxygen atoms in total. The molecule has 0 heterocycles. The van der Waals surface area contributed by atoms with Crippen LogP contribution in [0.1, 0.15) is 309 Å². The van der Waals surface area contributed by atoms with Crippen LogP contribution in [0.3, 0.4) is 0 Å². The molecule has 1 atom stereocenters. The van der Waals surface area contributed by atoms with E-state index in [0.29, 0.717) is 12.8 Å². The molecule has 76 heavy (non-hydrogen) atoms. The van der Waals surface area contributed by atoms with Crippen molar-refractivity contribution in [3.63, 3.8) is 0 Å². The first-order chi connectivity index (χ1) is 37.6. The highest BCUT2D eigenvalue weighted by atomic mass is 16.6. The zero-order chi connectivity index (χ0) is 54.8. The Kier molecular flexibility index (Phi) is 62.9. The number of aliphatic hydroxyl groups is 1. The van der Waals surface area contributed by atoms with Crippen LogP contribution in [-0.4, -0.2) is 36.4 Å². The third-order valence-electron chi connectivity index (χ3n) is 14.1. The molecule has 0 amide bonds. The summed E-state index contributed by atoms with van der Waals surface area (Å²) in [6.45, 7) is 4.03. The monoisotopic (exact) mass is 1050 g/mol. The van der Waals surface area contributed by atoms with Gasteiger partial charge in [0.25, 0.3) is 0 Å². The largest absolute Gasteiger partial charge is 0.462 e. The number of unbranched alkanes of at least 4 members (excludes halogenated alkanes) is 33. The number of aliphatic hydroxyl groups excluding tert-OH is 1. The lowest BCUT2D eigenvalue weighted by Crippen LogP contribution is -2.28. The fourth-order valence-electron chi connectivity index (χ4n) is 9.26. The van der Waals surface area contributed by atoms with E-state index < -0.39 is 6.10 Å². The van der Waals surface area contributed by atoms with Gasteiger partial charge in [-0.15, -0.1) is 0 Å². The van der Waals surface area contributed by atoms with Crippen LogP contribution in [0.5, 0.6) is 0 Å². The Morgan fingerprint density at radius 1 is 0.316 bits per heavy atom. The number of ether oxygens (including phenoxy) is 2. The summed E-state index contributed by atoms with van der Waals surface area (Å²) in [5.41, 5.74) is 0. The maximum Gasteiger partial charge on any atom is 0.306 e. The molecule has 1 N–H and O–H groups in total. The summed E-state index contributed by atoms with van der Waals surface area (Å²) >= 11 is 0. The number of carbonyl (C=O) groups excluding carboxylic acids is 2. The second-order valence-electron chi connectivity index (χ2n) is 21.5. The van der Waals surface area contributed by atoms with Gasteiger partial charge in [-0.1, -0.05) is 322 Å². The van der Waals surface area contributed by atoms with Crippen molar-refractivity contribution in [2.45, 2.75) is 315 Å². The van der Waals surface area contributed by atoms with Crippen molar-refractivity contribution in [2.75, 3.05) is 13.2 Å². The molecular weight excluding hydrogens is 933 g/mol. The number of hydrogen-bond donors (Lipinski definition) is 1. The summed E-state index contributed by atoms with van der Waals surface area (Å²) in [4.78, 5) is 24.6. The lowest BCUT2D eigenvalue weighted by atomic mass is 10.0.